The standard InChI is InChI=1S/C18H21N3O2/c1-12-7-13(2)9-15(8-12)21-18(19)20-6-5-14-3-4-16-17(10-14)23-11-22-16/h3-4,7-10H,5-6,11H2,1-2H3,(H3,19,20,21). The van der Waals surface area contributed by atoms with Gasteiger partial charge in [0.05, 0.1) is 0 Å². The zero-order valence-electron chi connectivity index (χ0n) is 13.4. The molecule has 0 atom stereocenters. The van der Waals surface area contributed by atoms with Crippen molar-refractivity contribution in [2.45, 2.75) is 20.3 Å². The highest BCUT2D eigenvalue weighted by Crippen LogP contribution is 2.32. The lowest BCUT2D eigenvalue weighted by Crippen LogP contribution is -2.23. The largest absolute Gasteiger partial charge is 0.454 e. The second kappa shape index (κ2) is 6.60. The second-order valence-corrected chi connectivity index (χ2v) is 5.71. The highest BCUT2D eigenvalue weighted by atomic mass is 16.7. The number of hydrogen-bond donors (Lipinski definition) is 2. The number of rotatable bonds is 4. The molecular formula is C18H21N3O2. The van der Waals surface area contributed by atoms with E-state index in [2.05, 4.69) is 30.2 Å². The van der Waals surface area contributed by atoms with Gasteiger partial charge in [-0.25, -0.2) is 0 Å². The molecule has 0 bridgehead atoms. The minimum Gasteiger partial charge on any atom is -0.454 e. The minimum absolute atomic E-state index is 0.295. The van der Waals surface area contributed by atoms with Gasteiger partial charge in [0, 0.05) is 12.2 Å². The SMILES string of the molecule is Cc1cc(C)cc(NC(N)=NCCc2ccc3c(c2)OCO3)c1. The zero-order valence-corrected chi connectivity index (χ0v) is 13.4. The molecule has 0 radical (unpaired) electrons. The molecule has 1 aliphatic rings. The van der Waals surface area contributed by atoms with Crippen molar-refractivity contribution in [1.82, 2.24) is 0 Å². The van der Waals surface area contributed by atoms with Crippen molar-refractivity contribution in [3.05, 3.63) is 53.1 Å². The van der Waals surface area contributed by atoms with E-state index in [-0.39, 0.29) is 0 Å². The summed E-state index contributed by atoms with van der Waals surface area (Å²) in [7, 11) is 0. The molecule has 0 saturated carbocycles. The summed E-state index contributed by atoms with van der Waals surface area (Å²) in [6, 6.07) is 12.2. The average Bonchev–Trinajstić information content (AvgIpc) is 2.93. The van der Waals surface area contributed by atoms with Gasteiger partial charge >= 0.3 is 0 Å². The van der Waals surface area contributed by atoms with Gasteiger partial charge in [0.2, 0.25) is 6.79 Å². The van der Waals surface area contributed by atoms with Crippen LogP contribution in [-0.2, 0) is 6.42 Å². The van der Waals surface area contributed by atoms with Crippen LogP contribution in [-0.4, -0.2) is 19.3 Å². The fourth-order valence-corrected chi connectivity index (χ4v) is 2.64. The quantitative estimate of drug-likeness (QED) is 0.673. The first-order valence-electron chi connectivity index (χ1n) is 7.64. The van der Waals surface area contributed by atoms with E-state index in [0.717, 1.165) is 29.2 Å². The smallest absolute Gasteiger partial charge is 0.231 e. The second-order valence-electron chi connectivity index (χ2n) is 5.71. The van der Waals surface area contributed by atoms with Crippen molar-refractivity contribution in [1.29, 1.82) is 0 Å². The third kappa shape index (κ3) is 3.94. The van der Waals surface area contributed by atoms with Crippen molar-refractivity contribution in [3.63, 3.8) is 0 Å². The maximum absolute atomic E-state index is 5.95. The summed E-state index contributed by atoms with van der Waals surface area (Å²) in [5.74, 6) is 2.02. The van der Waals surface area contributed by atoms with Crippen LogP contribution in [0.25, 0.3) is 0 Å². The molecular weight excluding hydrogens is 290 g/mol. The van der Waals surface area contributed by atoms with Gasteiger partial charge in [0.1, 0.15) is 0 Å². The van der Waals surface area contributed by atoms with Crippen molar-refractivity contribution in [2.24, 2.45) is 10.7 Å². The van der Waals surface area contributed by atoms with Gasteiger partial charge < -0.3 is 20.5 Å². The van der Waals surface area contributed by atoms with Gasteiger partial charge in [-0.3, -0.25) is 4.99 Å². The highest BCUT2D eigenvalue weighted by Gasteiger charge is 2.12. The molecule has 0 spiro atoms. The number of anilines is 1. The Labute approximate surface area is 136 Å². The predicted octanol–water partition coefficient (Wildman–Crippen LogP) is 3.00. The fourth-order valence-electron chi connectivity index (χ4n) is 2.64. The molecule has 2 aromatic carbocycles. The van der Waals surface area contributed by atoms with Crippen LogP contribution >= 0.6 is 0 Å². The van der Waals surface area contributed by atoms with Crippen LogP contribution in [0.15, 0.2) is 41.4 Å². The number of hydrogen-bond acceptors (Lipinski definition) is 3. The first kappa shape index (κ1) is 15.2. The Kier molecular flexibility index (Phi) is 4.37. The molecule has 1 aliphatic heterocycles. The summed E-state index contributed by atoms with van der Waals surface area (Å²) < 4.78 is 10.7. The van der Waals surface area contributed by atoms with Crippen LogP contribution in [0.4, 0.5) is 5.69 Å². The number of aliphatic imine (C=N–C) groups is 1. The first-order valence-corrected chi connectivity index (χ1v) is 7.64. The molecule has 120 valence electrons. The van der Waals surface area contributed by atoms with Crippen molar-refractivity contribution in [3.8, 4) is 11.5 Å². The van der Waals surface area contributed by atoms with Crippen LogP contribution in [0, 0.1) is 13.8 Å². The molecule has 3 N–H and O–H groups in total. The minimum atomic E-state index is 0.295. The van der Waals surface area contributed by atoms with E-state index < -0.39 is 0 Å². The molecule has 5 nitrogen and oxygen atoms in total. The van der Waals surface area contributed by atoms with Gasteiger partial charge in [-0.15, -0.1) is 0 Å². The number of nitrogens with zero attached hydrogens (tertiary/aromatic N) is 1. The van der Waals surface area contributed by atoms with Crippen LogP contribution in [0.3, 0.4) is 0 Å². The topological polar surface area (TPSA) is 68.9 Å². The van der Waals surface area contributed by atoms with Crippen molar-refractivity contribution < 1.29 is 9.47 Å². The van der Waals surface area contributed by atoms with E-state index >= 15 is 0 Å². The molecule has 0 amide bonds. The maximum atomic E-state index is 5.95. The number of nitrogens with one attached hydrogen (secondary N) is 1. The molecule has 5 heteroatoms. The fraction of sp³-hybridized carbons (Fsp3) is 0.278. The van der Waals surface area contributed by atoms with Gasteiger partial charge in [-0.1, -0.05) is 12.1 Å². The number of aryl methyl sites for hydroxylation is 2. The third-order valence-electron chi connectivity index (χ3n) is 3.61. The number of ether oxygens (including phenoxy) is 2. The summed E-state index contributed by atoms with van der Waals surface area (Å²) in [6.07, 6.45) is 0.797. The lowest BCUT2D eigenvalue weighted by atomic mass is 10.1. The lowest BCUT2D eigenvalue weighted by Gasteiger charge is -2.08. The predicted molar refractivity (Wildman–Crippen MR) is 92.3 cm³/mol. The Balaban J connectivity index is 1.57. The molecule has 2 aromatic rings. The third-order valence-corrected chi connectivity index (χ3v) is 3.61. The normalized spacial score (nSPS) is 13.2. The molecule has 0 fully saturated rings. The maximum Gasteiger partial charge on any atom is 0.231 e. The molecule has 0 unspecified atom stereocenters. The molecule has 0 aliphatic carbocycles. The van der Waals surface area contributed by atoms with Crippen LogP contribution in [0.1, 0.15) is 16.7 Å². The zero-order chi connectivity index (χ0) is 16.2. The summed E-state index contributed by atoms with van der Waals surface area (Å²) in [5, 5.41) is 3.13. The van der Waals surface area contributed by atoms with E-state index in [4.69, 9.17) is 15.2 Å². The first-order chi connectivity index (χ1) is 11.1. The molecule has 3 rings (SSSR count). The van der Waals surface area contributed by atoms with Crippen LogP contribution in [0.5, 0.6) is 11.5 Å². The Bertz CT molecular complexity index is 721. The number of fused-ring (bicyclic) bond motifs is 1. The lowest BCUT2D eigenvalue weighted by molar-refractivity contribution is 0.174. The number of benzene rings is 2. The van der Waals surface area contributed by atoms with E-state index in [1.807, 2.05) is 30.3 Å². The number of nitrogens with two attached hydrogens (primary N) is 1. The Morgan fingerprint density at radius 2 is 1.83 bits per heavy atom. The van der Waals surface area contributed by atoms with E-state index in [9.17, 15) is 0 Å². The van der Waals surface area contributed by atoms with E-state index in [1.165, 1.54) is 11.1 Å². The average molecular weight is 311 g/mol. The Morgan fingerprint density at radius 1 is 1.09 bits per heavy atom. The molecule has 0 aromatic heterocycles. The van der Waals surface area contributed by atoms with Crippen molar-refractivity contribution in [2.75, 3.05) is 18.7 Å². The van der Waals surface area contributed by atoms with E-state index in [1.54, 1.807) is 0 Å². The van der Waals surface area contributed by atoms with Gasteiger partial charge in [-0.05, 0) is 61.2 Å². The van der Waals surface area contributed by atoms with Gasteiger partial charge in [0.25, 0.3) is 0 Å². The summed E-state index contributed by atoms with van der Waals surface area (Å²) in [4.78, 5) is 4.38. The Hall–Kier alpha value is -2.69. The monoisotopic (exact) mass is 311 g/mol. The molecule has 1 heterocycles. The van der Waals surface area contributed by atoms with Crippen LogP contribution < -0.4 is 20.5 Å². The molecule has 23 heavy (non-hydrogen) atoms. The van der Waals surface area contributed by atoms with Crippen molar-refractivity contribution >= 4 is 11.6 Å². The highest BCUT2D eigenvalue weighted by molar-refractivity contribution is 5.92. The molecule has 0 saturated heterocycles. The number of guanidine groups is 1. The van der Waals surface area contributed by atoms with Gasteiger partial charge in [0.15, 0.2) is 17.5 Å². The van der Waals surface area contributed by atoms with E-state index in [0.29, 0.717) is 19.3 Å². The van der Waals surface area contributed by atoms with Gasteiger partial charge in [-0.2, -0.15) is 0 Å². The Morgan fingerprint density at radius 3 is 2.61 bits per heavy atom. The summed E-state index contributed by atoms with van der Waals surface area (Å²) in [6.45, 7) is 5.03. The summed E-state index contributed by atoms with van der Waals surface area (Å²) >= 11 is 0. The summed E-state index contributed by atoms with van der Waals surface area (Å²) in [5.41, 5.74) is 10.5. The van der Waals surface area contributed by atoms with Crippen LogP contribution in [0.2, 0.25) is 0 Å².